The number of aliphatic imine (C=N–C) groups is 1. The SMILES string of the molecule is COc1cc(C=C2SC(=Nc3ccc(NC(C)=O)cc3)NC2=O)ccc1OCc1ccc(Cl)cc1. The molecule has 3 aromatic rings. The second-order valence-electron chi connectivity index (χ2n) is 7.54. The maximum absolute atomic E-state index is 12.5. The Morgan fingerprint density at radius 3 is 2.51 bits per heavy atom. The highest BCUT2D eigenvalue weighted by Crippen LogP contribution is 2.33. The van der Waals surface area contributed by atoms with E-state index >= 15 is 0 Å². The number of thioether (sulfide) groups is 1. The molecular formula is C26H22ClN3O4S. The van der Waals surface area contributed by atoms with Crippen molar-refractivity contribution in [2.75, 3.05) is 12.4 Å². The van der Waals surface area contributed by atoms with Gasteiger partial charge in [0.15, 0.2) is 16.7 Å². The van der Waals surface area contributed by atoms with E-state index in [-0.39, 0.29) is 11.8 Å². The van der Waals surface area contributed by atoms with Crippen LogP contribution in [0.1, 0.15) is 18.1 Å². The molecule has 0 aliphatic carbocycles. The molecule has 1 heterocycles. The standard InChI is InChI=1S/C26H22ClN3O4S/c1-16(31)28-20-8-10-21(11-9-20)29-26-30-25(32)24(35-26)14-18-5-12-22(23(13-18)33-2)34-15-17-3-6-19(27)7-4-17/h3-14H,15H2,1-2H3,(H,28,31)(H,29,30,32). The Balaban J connectivity index is 1.44. The fourth-order valence-corrected chi connectivity index (χ4v) is 4.17. The van der Waals surface area contributed by atoms with Crippen LogP contribution in [0.2, 0.25) is 5.02 Å². The molecule has 0 aromatic heterocycles. The summed E-state index contributed by atoms with van der Waals surface area (Å²) >= 11 is 7.18. The average Bonchev–Trinajstić information content (AvgIpc) is 3.18. The van der Waals surface area contributed by atoms with E-state index in [1.807, 2.05) is 42.5 Å². The molecule has 2 N–H and O–H groups in total. The van der Waals surface area contributed by atoms with Crippen LogP contribution in [-0.4, -0.2) is 24.1 Å². The first-order valence-electron chi connectivity index (χ1n) is 10.6. The number of carbonyl (C=O) groups excluding carboxylic acids is 2. The quantitative estimate of drug-likeness (QED) is 0.396. The van der Waals surface area contributed by atoms with Gasteiger partial charge in [0.25, 0.3) is 5.91 Å². The minimum atomic E-state index is -0.231. The number of rotatable bonds is 7. The summed E-state index contributed by atoms with van der Waals surface area (Å²) in [6.07, 6.45) is 1.77. The molecule has 0 unspecified atom stereocenters. The summed E-state index contributed by atoms with van der Waals surface area (Å²) in [6, 6.07) is 19.9. The Kier molecular flexibility index (Phi) is 7.74. The highest BCUT2D eigenvalue weighted by atomic mass is 35.5. The fraction of sp³-hybridized carbons (Fsp3) is 0.115. The number of amidine groups is 1. The van der Waals surface area contributed by atoms with Crippen molar-refractivity contribution in [3.05, 3.63) is 87.8 Å². The third-order valence-electron chi connectivity index (χ3n) is 4.86. The maximum Gasteiger partial charge on any atom is 0.264 e. The number of ether oxygens (including phenoxy) is 2. The van der Waals surface area contributed by atoms with Crippen LogP contribution in [0.5, 0.6) is 11.5 Å². The molecule has 4 rings (SSSR count). The van der Waals surface area contributed by atoms with E-state index in [1.54, 1.807) is 37.5 Å². The van der Waals surface area contributed by atoms with Crippen molar-refractivity contribution in [1.82, 2.24) is 5.32 Å². The van der Waals surface area contributed by atoms with Crippen molar-refractivity contribution in [2.45, 2.75) is 13.5 Å². The van der Waals surface area contributed by atoms with Gasteiger partial charge in [0.2, 0.25) is 5.91 Å². The number of halogens is 1. The van der Waals surface area contributed by atoms with Crippen molar-refractivity contribution in [3.63, 3.8) is 0 Å². The van der Waals surface area contributed by atoms with Gasteiger partial charge in [0.05, 0.1) is 17.7 Å². The number of benzene rings is 3. The van der Waals surface area contributed by atoms with E-state index in [0.717, 1.165) is 11.1 Å². The van der Waals surface area contributed by atoms with Crippen molar-refractivity contribution in [3.8, 4) is 11.5 Å². The molecule has 1 fully saturated rings. The predicted octanol–water partition coefficient (Wildman–Crippen LogP) is 5.78. The fourth-order valence-electron chi connectivity index (χ4n) is 3.21. The van der Waals surface area contributed by atoms with E-state index in [2.05, 4.69) is 15.6 Å². The number of methoxy groups -OCH3 is 1. The topological polar surface area (TPSA) is 89.0 Å². The van der Waals surface area contributed by atoms with Gasteiger partial charge in [-0.05, 0) is 77.5 Å². The summed E-state index contributed by atoms with van der Waals surface area (Å²) < 4.78 is 11.4. The smallest absolute Gasteiger partial charge is 0.264 e. The summed E-state index contributed by atoms with van der Waals surface area (Å²) in [4.78, 5) is 28.6. The summed E-state index contributed by atoms with van der Waals surface area (Å²) in [7, 11) is 1.57. The van der Waals surface area contributed by atoms with Crippen LogP contribution in [0.3, 0.4) is 0 Å². The lowest BCUT2D eigenvalue weighted by atomic mass is 10.2. The third-order valence-corrected chi connectivity index (χ3v) is 6.02. The second kappa shape index (κ2) is 11.1. The number of nitrogens with one attached hydrogen (secondary N) is 2. The van der Waals surface area contributed by atoms with Crippen molar-refractivity contribution >= 4 is 57.8 Å². The number of carbonyl (C=O) groups is 2. The molecule has 9 heteroatoms. The van der Waals surface area contributed by atoms with Crippen molar-refractivity contribution in [2.24, 2.45) is 4.99 Å². The highest BCUT2D eigenvalue weighted by molar-refractivity contribution is 8.18. The van der Waals surface area contributed by atoms with E-state index < -0.39 is 0 Å². The van der Waals surface area contributed by atoms with Crippen LogP contribution in [0.4, 0.5) is 11.4 Å². The van der Waals surface area contributed by atoms with Gasteiger partial charge in [0, 0.05) is 17.6 Å². The van der Waals surface area contributed by atoms with E-state index in [1.165, 1.54) is 18.7 Å². The number of hydrogen-bond acceptors (Lipinski definition) is 6. The lowest BCUT2D eigenvalue weighted by Gasteiger charge is -2.11. The van der Waals surface area contributed by atoms with E-state index in [4.69, 9.17) is 21.1 Å². The lowest BCUT2D eigenvalue weighted by Crippen LogP contribution is -2.19. The summed E-state index contributed by atoms with van der Waals surface area (Å²) in [5.41, 5.74) is 3.11. The predicted molar refractivity (Wildman–Crippen MR) is 140 cm³/mol. The number of hydrogen-bond donors (Lipinski definition) is 2. The Hall–Kier alpha value is -3.75. The van der Waals surface area contributed by atoms with Gasteiger partial charge in [-0.25, -0.2) is 4.99 Å². The first kappa shape index (κ1) is 24.4. The molecule has 7 nitrogen and oxygen atoms in total. The summed E-state index contributed by atoms with van der Waals surface area (Å²) in [5, 5.41) is 6.62. The summed E-state index contributed by atoms with van der Waals surface area (Å²) in [5.74, 6) is 0.781. The Bertz CT molecular complexity index is 1310. The van der Waals surface area contributed by atoms with Crippen molar-refractivity contribution < 1.29 is 19.1 Å². The van der Waals surface area contributed by atoms with Crippen LogP contribution in [0.15, 0.2) is 76.6 Å². The van der Waals surface area contributed by atoms with Crippen LogP contribution >= 0.6 is 23.4 Å². The monoisotopic (exact) mass is 507 g/mol. The zero-order valence-corrected chi connectivity index (χ0v) is 20.6. The minimum Gasteiger partial charge on any atom is -0.493 e. The average molecular weight is 508 g/mol. The Morgan fingerprint density at radius 2 is 1.83 bits per heavy atom. The lowest BCUT2D eigenvalue weighted by molar-refractivity contribution is -0.115. The second-order valence-corrected chi connectivity index (χ2v) is 9.00. The van der Waals surface area contributed by atoms with Gasteiger partial charge in [-0.3, -0.25) is 9.59 Å². The first-order valence-corrected chi connectivity index (χ1v) is 11.8. The van der Waals surface area contributed by atoms with Gasteiger partial charge in [-0.1, -0.05) is 29.8 Å². The highest BCUT2D eigenvalue weighted by Gasteiger charge is 2.24. The molecular weight excluding hydrogens is 486 g/mol. The van der Waals surface area contributed by atoms with E-state index in [9.17, 15) is 9.59 Å². The third kappa shape index (κ3) is 6.65. The molecule has 2 amide bonds. The van der Waals surface area contributed by atoms with Gasteiger partial charge < -0.3 is 20.1 Å². The molecule has 1 saturated heterocycles. The zero-order valence-electron chi connectivity index (χ0n) is 19.0. The molecule has 3 aromatic carbocycles. The van der Waals surface area contributed by atoms with Crippen molar-refractivity contribution in [1.29, 1.82) is 0 Å². The van der Waals surface area contributed by atoms with Crippen LogP contribution in [0.25, 0.3) is 6.08 Å². The largest absolute Gasteiger partial charge is 0.493 e. The molecule has 1 aliphatic rings. The van der Waals surface area contributed by atoms with Crippen LogP contribution in [0, 0.1) is 0 Å². The first-order chi connectivity index (χ1) is 16.9. The van der Waals surface area contributed by atoms with Gasteiger partial charge >= 0.3 is 0 Å². The molecule has 1 aliphatic heterocycles. The van der Waals surface area contributed by atoms with Crippen LogP contribution < -0.4 is 20.1 Å². The summed E-state index contributed by atoms with van der Waals surface area (Å²) in [6.45, 7) is 1.82. The van der Waals surface area contributed by atoms with Gasteiger partial charge in [0.1, 0.15) is 6.61 Å². The molecule has 0 atom stereocenters. The van der Waals surface area contributed by atoms with Crippen LogP contribution in [-0.2, 0) is 16.2 Å². The molecule has 0 bridgehead atoms. The molecule has 0 saturated carbocycles. The minimum absolute atomic E-state index is 0.143. The molecule has 0 spiro atoms. The van der Waals surface area contributed by atoms with Gasteiger partial charge in [-0.15, -0.1) is 0 Å². The normalized spacial score (nSPS) is 15.2. The van der Waals surface area contributed by atoms with Gasteiger partial charge in [-0.2, -0.15) is 0 Å². The molecule has 35 heavy (non-hydrogen) atoms. The van der Waals surface area contributed by atoms with E-state index in [0.29, 0.717) is 44.6 Å². The molecule has 178 valence electrons. The maximum atomic E-state index is 12.5. The molecule has 0 radical (unpaired) electrons. The number of nitrogens with zero attached hydrogens (tertiary/aromatic N) is 1. The Morgan fingerprint density at radius 1 is 1.09 bits per heavy atom. The number of anilines is 1. The zero-order chi connectivity index (χ0) is 24.8. The number of amides is 2. The Labute approximate surface area is 212 Å².